The van der Waals surface area contributed by atoms with Gasteiger partial charge in [0, 0.05) is 41.0 Å². The second-order valence-corrected chi connectivity index (χ2v) is 6.62. The molecule has 10 nitrogen and oxygen atoms in total. The number of aliphatic carboxylic acids is 2. The normalized spacial score (nSPS) is 12.6. The molecule has 0 spiro atoms. The van der Waals surface area contributed by atoms with Crippen LogP contribution in [0.15, 0.2) is 42.5 Å². The minimum absolute atomic E-state index is 0.0911. The highest BCUT2D eigenvalue weighted by molar-refractivity contribution is 6.05. The molecule has 0 saturated carbocycles. The molecule has 0 fully saturated rings. The van der Waals surface area contributed by atoms with Crippen LogP contribution in [0.3, 0.4) is 0 Å². The number of ketones is 2. The summed E-state index contributed by atoms with van der Waals surface area (Å²) in [7, 11) is 0. The van der Waals surface area contributed by atoms with E-state index in [0.717, 1.165) is 0 Å². The summed E-state index contributed by atoms with van der Waals surface area (Å²) in [6, 6.07) is 8.21. The van der Waals surface area contributed by atoms with Crippen LogP contribution in [0.1, 0.15) is 33.6 Å². The Morgan fingerprint density at radius 3 is 1.93 bits per heavy atom. The number of nitrogens with two attached hydrogens (primary N) is 3. The molecule has 0 aliphatic heterocycles. The Morgan fingerprint density at radius 1 is 0.833 bits per heavy atom. The third kappa shape index (κ3) is 5.63. The summed E-state index contributed by atoms with van der Waals surface area (Å²) in [6.45, 7) is 0. The molecule has 10 heteroatoms. The average Bonchev–Trinajstić information content (AvgIpc) is 2.69. The Kier molecular flexibility index (Phi) is 7.23. The van der Waals surface area contributed by atoms with Gasteiger partial charge in [-0.15, -0.1) is 0 Å². The van der Waals surface area contributed by atoms with E-state index in [0.29, 0.717) is 11.4 Å². The number of Topliss-reactive ketones (excluding diaryl/α,β-unsaturated/α-hetero) is 2. The first-order valence-electron chi connectivity index (χ1n) is 8.89. The van der Waals surface area contributed by atoms with E-state index in [1.807, 2.05) is 0 Å². The van der Waals surface area contributed by atoms with Crippen molar-refractivity contribution in [1.82, 2.24) is 0 Å². The fourth-order valence-electron chi connectivity index (χ4n) is 2.66. The molecular formula is C20H22N4O6. The number of carboxylic acids is 2. The fraction of sp³-hybridized carbons (Fsp3) is 0.200. The number of rotatable bonds is 10. The first-order valence-corrected chi connectivity index (χ1v) is 8.89. The number of nitrogen functional groups attached to an aromatic ring is 1. The van der Waals surface area contributed by atoms with Crippen LogP contribution in [0.2, 0.25) is 0 Å². The molecule has 158 valence electrons. The zero-order valence-electron chi connectivity index (χ0n) is 15.9. The van der Waals surface area contributed by atoms with Gasteiger partial charge in [-0.2, -0.15) is 0 Å². The number of hydrogen-bond acceptors (Lipinski definition) is 8. The highest BCUT2D eigenvalue weighted by Crippen LogP contribution is 2.26. The third-order valence-corrected chi connectivity index (χ3v) is 4.31. The number of anilines is 3. The van der Waals surface area contributed by atoms with Gasteiger partial charge in [-0.05, 0) is 30.3 Å². The predicted molar refractivity (Wildman–Crippen MR) is 110 cm³/mol. The van der Waals surface area contributed by atoms with Gasteiger partial charge in [0.05, 0.1) is 0 Å². The van der Waals surface area contributed by atoms with Crippen molar-refractivity contribution in [3.63, 3.8) is 0 Å². The van der Waals surface area contributed by atoms with Crippen molar-refractivity contribution in [2.75, 3.05) is 11.1 Å². The fourth-order valence-corrected chi connectivity index (χ4v) is 2.66. The zero-order chi connectivity index (χ0) is 22.4. The van der Waals surface area contributed by atoms with Crippen LogP contribution in [0, 0.1) is 0 Å². The van der Waals surface area contributed by atoms with Crippen molar-refractivity contribution < 1.29 is 29.4 Å². The van der Waals surface area contributed by atoms with E-state index in [9.17, 15) is 19.2 Å². The first-order chi connectivity index (χ1) is 14.1. The molecule has 30 heavy (non-hydrogen) atoms. The largest absolute Gasteiger partial charge is 0.480 e. The summed E-state index contributed by atoms with van der Waals surface area (Å²) >= 11 is 0. The van der Waals surface area contributed by atoms with Crippen molar-refractivity contribution in [3.05, 3.63) is 53.6 Å². The van der Waals surface area contributed by atoms with Crippen LogP contribution in [0.4, 0.5) is 17.1 Å². The molecule has 0 unspecified atom stereocenters. The Labute approximate surface area is 171 Å². The van der Waals surface area contributed by atoms with Gasteiger partial charge in [-0.3, -0.25) is 19.2 Å². The molecule has 0 saturated heterocycles. The van der Waals surface area contributed by atoms with Crippen LogP contribution in [0.5, 0.6) is 0 Å². The summed E-state index contributed by atoms with van der Waals surface area (Å²) in [6.07, 6.45) is -0.808. The van der Waals surface area contributed by atoms with E-state index in [-0.39, 0.29) is 23.2 Å². The summed E-state index contributed by atoms with van der Waals surface area (Å²) in [4.78, 5) is 46.6. The Balaban J connectivity index is 2.27. The topological polar surface area (TPSA) is 199 Å². The summed E-state index contributed by atoms with van der Waals surface area (Å²) in [5.41, 5.74) is 18.0. The van der Waals surface area contributed by atoms with E-state index in [1.54, 1.807) is 24.3 Å². The minimum atomic E-state index is -1.36. The Hall–Kier alpha value is -3.76. The highest BCUT2D eigenvalue weighted by Gasteiger charge is 2.21. The van der Waals surface area contributed by atoms with Gasteiger partial charge in [0.25, 0.3) is 0 Å². The zero-order valence-corrected chi connectivity index (χ0v) is 15.9. The maximum atomic E-state index is 12.5. The van der Waals surface area contributed by atoms with Gasteiger partial charge in [-0.1, -0.05) is 12.1 Å². The van der Waals surface area contributed by atoms with E-state index in [2.05, 4.69) is 5.32 Å². The van der Waals surface area contributed by atoms with Gasteiger partial charge in [0.15, 0.2) is 11.6 Å². The average molecular weight is 414 g/mol. The van der Waals surface area contributed by atoms with Crippen molar-refractivity contribution in [2.24, 2.45) is 11.5 Å². The molecule has 2 atom stereocenters. The Bertz CT molecular complexity index is 991. The van der Waals surface area contributed by atoms with Crippen LogP contribution in [-0.2, 0) is 9.59 Å². The molecule has 0 aliphatic carbocycles. The molecular weight excluding hydrogens is 392 g/mol. The number of carboxylic acid groups (broad SMARTS) is 2. The van der Waals surface area contributed by atoms with Crippen LogP contribution in [0.25, 0.3) is 0 Å². The Morgan fingerprint density at radius 2 is 1.37 bits per heavy atom. The molecule has 2 rings (SSSR count). The van der Waals surface area contributed by atoms with Crippen LogP contribution in [-0.4, -0.2) is 45.8 Å². The van der Waals surface area contributed by atoms with Crippen molar-refractivity contribution in [3.8, 4) is 0 Å². The third-order valence-electron chi connectivity index (χ3n) is 4.31. The number of para-hydroxylation sites is 1. The van der Waals surface area contributed by atoms with E-state index >= 15 is 0 Å². The number of benzene rings is 2. The van der Waals surface area contributed by atoms with E-state index < -0.39 is 42.0 Å². The number of carbonyl (C=O) groups is 4. The van der Waals surface area contributed by atoms with Crippen molar-refractivity contribution >= 4 is 40.6 Å². The lowest BCUT2D eigenvalue weighted by molar-refractivity contribution is -0.139. The molecule has 2 aromatic carbocycles. The van der Waals surface area contributed by atoms with Gasteiger partial charge >= 0.3 is 11.9 Å². The van der Waals surface area contributed by atoms with E-state index in [4.69, 9.17) is 27.4 Å². The first kappa shape index (κ1) is 22.5. The molecule has 0 heterocycles. The van der Waals surface area contributed by atoms with Gasteiger partial charge in [0.2, 0.25) is 0 Å². The number of nitrogens with one attached hydrogen (secondary N) is 1. The maximum absolute atomic E-state index is 12.5. The lowest BCUT2D eigenvalue weighted by atomic mass is 10.0. The SMILES string of the molecule is Nc1ccc(Nc2ccccc2C(=O)C[C@@H](N)C(=O)O)cc1C(=O)C[C@H](N)C(=O)O. The van der Waals surface area contributed by atoms with Gasteiger partial charge < -0.3 is 32.7 Å². The van der Waals surface area contributed by atoms with Crippen molar-refractivity contribution in [1.29, 1.82) is 0 Å². The molecule has 0 aromatic heterocycles. The molecule has 0 amide bonds. The second kappa shape index (κ2) is 9.63. The molecule has 9 N–H and O–H groups in total. The number of hydrogen-bond donors (Lipinski definition) is 6. The smallest absolute Gasteiger partial charge is 0.320 e. The molecule has 0 radical (unpaired) electrons. The second-order valence-electron chi connectivity index (χ2n) is 6.62. The number of carbonyl (C=O) groups excluding carboxylic acids is 2. The van der Waals surface area contributed by atoms with E-state index in [1.165, 1.54) is 18.2 Å². The van der Waals surface area contributed by atoms with Crippen molar-refractivity contribution in [2.45, 2.75) is 24.9 Å². The molecule has 0 bridgehead atoms. The summed E-state index contributed by atoms with van der Waals surface area (Å²) < 4.78 is 0. The maximum Gasteiger partial charge on any atom is 0.320 e. The van der Waals surface area contributed by atoms with Gasteiger partial charge in [0.1, 0.15) is 12.1 Å². The highest BCUT2D eigenvalue weighted by atomic mass is 16.4. The summed E-state index contributed by atoms with van der Waals surface area (Å²) in [5, 5.41) is 20.8. The quantitative estimate of drug-likeness (QED) is 0.240. The monoisotopic (exact) mass is 414 g/mol. The molecule has 2 aromatic rings. The van der Waals surface area contributed by atoms with Crippen LogP contribution >= 0.6 is 0 Å². The van der Waals surface area contributed by atoms with Crippen LogP contribution < -0.4 is 22.5 Å². The standard InChI is InChI=1S/C20H22N4O6/c21-13-6-5-10(7-12(13)18(26)9-15(23)20(29)30)24-16-4-2-1-3-11(16)17(25)8-14(22)19(27)28/h1-7,14-15,24H,8-9,21-23H2,(H,27,28)(H,29,30)/t14-,15+/m1/s1. The lowest BCUT2D eigenvalue weighted by Gasteiger charge is -2.14. The summed E-state index contributed by atoms with van der Waals surface area (Å²) in [5.74, 6) is -3.59. The van der Waals surface area contributed by atoms with Gasteiger partial charge in [-0.25, -0.2) is 0 Å². The molecule has 0 aliphatic rings. The lowest BCUT2D eigenvalue weighted by Crippen LogP contribution is -2.32. The minimum Gasteiger partial charge on any atom is -0.480 e. The predicted octanol–water partition coefficient (Wildman–Crippen LogP) is 0.982.